The van der Waals surface area contributed by atoms with Crippen LogP contribution in [-0.4, -0.2) is 49.3 Å². The molecular formula is C17H24N2O4. The molecule has 0 saturated carbocycles. The maximum atomic E-state index is 12.2. The zero-order valence-electron chi connectivity index (χ0n) is 14.1. The van der Waals surface area contributed by atoms with Crippen LogP contribution < -0.4 is 5.32 Å². The van der Waals surface area contributed by atoms with Crippen molar-refractivity contribution in [2.45, 2.75) is 32.4 Å². The quantitative estimate of drug-likeness (QED) is 0.847. The van der Waals surface area contributed by atoms with Crippen LogP contribution in [0.15, 0.2) is 24.3 Å². The molecule has 0 spiro atoms. The van der Waals surface area contributed by atoms with Crippen molar-refractivity contribution in [1.82, 2.24) is 10.2 Å². The van der Waals surface area contributed by atoms with E-state index in [1.165, 1.54) is 7.11 Å². The molecule has 1 unspecified atom stereocenters. The minimum atomic E-state index is -0.526. The van der Waals surface area contributed by atoms with Crippen molar-refractivity contribution in [1.29, 1.82) is 0 Å². The second-order valence-electron chi connectivity index (χ2n) is 6.51. The number of esters is 1. The molecule has 0 radical (unpaired) electrons. The van der Waals surface area contributed by atoms with Crippen molar-refractivity contribution in [3.05, 3.63) is 35.4 Å². The molecule has 1 amide bonds. The van der Waals surface area contributed by atoms with Crippen LogP contribution in [0.5, 0.6) is 0 Å². The topological polar surface area (TPSA) is 67.9 Å². The lowest BCUT2D eigenvalue weighted by molar-refractivity contribution is 0.0195. The van der Waals surface area contributed by atoms with E-state index in [4.69, 9.17) is 9.47 Å². The Morgan fingerprint density at radius 1 is 1.26 bits per heavy atom. The number of hydrogen-bond donors (Lipinski definition) is 1. The van der Waals surface area contributed by atoms with Gasteiger partial charge in [0.05, 0.1) is 18.7 Å². The fourth-order valence-corrected chi connectivity index (χ4v) is 2.55. The van der Waals surface area contributed by atoms with Crippen LogP contribution in [0.3, 0.4) is 0 Å². The van der Waals surface area contributed by atoms with Crippen LogP contribution in [0.2, 0.25) is 0 Å². The molecular weight excluding hydrogens is 296 g/mol. The minimum absolute atomic E-state index is 0.133. The molecule has 1 atom stereocenters. The van der Waals surface area contributed by atoms with Crippen LogP contribution in [0.1, 0.15) is 42.7 Å². The first-order chi connectivity index (χ1) is 10.8. The summed E-state index contributed by atoms with van der Waals surface area (Å²) < 4.78 is 10.3. The fraction of sp³-hybridized carbons (Fsp3) is 0.529. The smallest absolute Gasteiger partial charge is 0.410 e. The van der Waals surface area contributed by atoms with Gasteiger partial charge in [-0.1, -0.05) is 18.2 Å². The van der Waals surface area contributed by atoms with Crippen LogP contribution in [0.4, 0.5) is 4.79 Å². The van der Waals surface area contributed by atoms with Gasteiger partial charge in [0.25, 0.3) is 0 Å². The monoisotopic (exact) mass is 320 g/mol. The summed E-state index contributed by atoms with van der Waals surface area (Å²) >= 11 is 0. The summed E-state index contributed by atoms with van der Waals surface area (Å²) in [6, 6.07) is 7.14. The molecule has 1 heterocycles. The van der Waals surface area contributed by atoms with Gasteiger partial charge in [-0.05, 0) is 32.4 Å². The lowest BCUT2D eigenvalue weighted by Crippen LogP contribution is -2.50. The third-order valence-electron chi connectivity index (χ3n) is 3.57. The minimum Gasteiger partial charge on any atom is -0.465 e. The summed E-state index contributed by atoms with van der Waals surface area (Å²) in [4.78, 5) is 25.8. The van der Waals surface area contributed by atoms with Crippen LogP contribution in [-0.2, 0) is 9.47 Å². The largest absolute Gasteiger partial charge is 0.465 e. The zero-order valence-corrected chi connectivity index (χ0v) is 14.1. The number of benzene rings is 1. The van der Waals surface area contributed by atoms with Gasteiger partial charge in [0.2, 0.25) is 0 Å². The second-order valence-corrected chi connectivity index (χ2v) is 6.51. The number of nitrogens with one attached hydrogen (secondary N) is 1. The molecule has 126 valence electrons. The maximum Gasteiger partial charge on any atom is 0.410 e. The highest BCUT2D eigenvalue weighted by molar-refractivity contribution is 5.91. The molecule has 1 aromatic carbocycles. The Morgan fingerprint density at radius 2 is 1.96 bits per heavy atom. The average Bonchev–Trinajstić information content (AvgIpc) is 2.52. The number of carbonyl (C=O) groups is 2. The fourth-order valence-electron chi connectivity index (χ4n) is 2.55. The number of amides is 1. The number of nitrogens with zero attached hydrogens (tertiary/aromatic N) is 1. The summed E-state index contributed by atoms with van der Waals surface area (Å²) in [5.41, 5.74) is 0.813. The van der Waals surface area contributed by atoms with E-state index in [9.17, 15) is 9.59 Å². The Kier molecular flexibility index (Phi) is 5.26. The SMILES string of the molecule is COC(=O)c1ccccc1C1CN(C(=O)OC(C)(C)C)CCN1. The molecule has 0 aromatic heterocycles. The summed E-state index contributed by atoms with van der Waals surface area (Å²) in [6.45, 7) is 7.19. The Balaban J connectivity index is 2.16. The van der Waals surface area contributed by atoms with Crippen molar-refractivity contribution in [2.24, 2.45) is 0 Å². The van der Waals surface area contributed by atoms with Gasteiger partial charge in [0.15, 0.2) is 0 Å². The van der Waals surface area contributed by atoms with Crippen LogP contribution in [0, 0.1) is 0 Å². The maximum absolute atomic E-state index is 12.2. The third-order valence-corrected chi connectivity index (χ3v) is 3.57. The number of ether oxygens (including phenoxy) is 2. The van der Waals surface area contributed by atoms with Crippen molar-refractivity contribution in [3.8, 4) is 0 Å². The summed E-state index contributed by atoms with van der Waals surface area (Å²) in [5, 5.41) is 3.35. The number of hydrogen-bond acceptors (Lipinski definition) is 5. The molecule has 23 heavy (non-hydrogen) atoms. The number of rotatable bonds is 2. The predicted molar refractivity (Wildman–Crippen MR) is 86.3 cm³/mol. The molecule has 1 aliphatic heterocycles. The molecule has 0 bridgehead atoms. The number of methoxy groups -OCH3 is 1. The molecule has 0 aliphatic carbocycles. The molecule has 6 nitrogen and oxygen atoms in total. The third kappa shape index (κ3) is 4.45. The van der Waals surface area contributed by atoms with E-state index in [-0.39, 0.29) is 18.1 Å². The first-order valence-corrected chi connectivity index (χ1v) is 7.70. The molecule has 1 saturated heterocycles. The van der Waals surface area contributed by atoms with Gasteiger partial charge in [0.1, 0.15) is 5.60 Å². The first kappa shape index (κ1) is 17.3. The number of carbonyl (C=O) groups excluding carboxylic acids is 2. The Labute approximate surface area is 136 Å². The van der Waals surface area contributed by atoms with Gasteiger partial charge in [-0.3, -0.25) is 0 Å². The van der Waals surface area contributed by atoms with Crippen LogP contribution in [0.25, 0.3) is 0 Å². The Bertz CT molecular complexity index is 580. The second kappa shape index (κ2) is 7.00. The van der Waals surface area contributed by atoms with Crippen molar-refractivity contribution in [2.75, 3.05) is 26.7 Å². The molecule has 1 aliphatic rings. The number of piperazine rings is 1. The van der Waals surface area contributed by atoms with E-state index in [1.54, 1.807) is 17.0 Å². The summed E-state index contributed by atoms with van der Waals surface area (Å²) in [5.74, 6) is -0.378. The standard InChI is InChI=1S/C17H24N2O4/c1-17(2,3)23-16(21)19-10-9-18-14(11-19)12-7-5-6-8-13(12)15(20)22-4/h5-8,14,18H,9-11H2,1-4H3. The normalized spacial score (nSPS) is 18.4. The van der Waals surface area contributed by atoms with E-state index in [2.05, 4.69) is 5.32 Å². The van der Waals surface area contributed by atoms with Gasteiger partial charge in [0, 0.05) is 19.6 Å². The highest BCUT2D eigenvalue weighted by atomic mass is 16.6. The van der Waals surface area contributed by atoms with Gasteiger partial charge >= 0.3 is 12.1 Å². The Morgan fingerprint density at radius 3 is 2.61 bits per heavy atom. The average molecular weight is 320 g/mol. The van der Waals surface area contributed by atoms with Gasteiger partial charge < -0.3 is 19.7 Å². The highest BCUT2D eigenvalue weighted by Gasteiger charge is 2.29. The van der Waals surface area contributed by atoms with Crippen molar-refractivity contribution < 1.29 is 19.1 Å². The van der Waals surface area contributed by atoms with E-state index in [1.807, 2.05) is 32.9 Å². The summed E-state index contributed by atoms with van der Waals surface area (Å²) in [7, 11) is 1.36. The molecule has 1 N–H and O–H groups in total. The van der Waals surface area contributed by atoms with E-state index in [0.29, 0.717) is 25.2 Å². The van der Waals surface area contributed by atoms with E-state index >= 15 is 0 Å². The molecule has 6 heteroatoms. The Hall–Kier alpha value is -2.08. The van der Waals surface area contributed by atoms with Gasteiger partial charge in [-0.2, -0.15) is 0 Å². The lowest BCUT2D eigenvalue weighted by atomic mass is 9.98. The predicted octanol–water partition coefficient (Wildman–Crippen LogP) is 2.35. The van der Waals surface area contributed by atoms with E-state index in [0.717, 1.165) is 5.56 Å². The lowest BCUT2D eigenvalue weighted by Gasteiger charge is -2.35. The molecule has 2 rings (SSSR count). The van der Waals surface area contributed by atoms with Gasteiger partial charge in [-0.15, -0.1) is 0 Å². The molecule has 1 aromatic rings. The van der Waals surface area contributed by atoms with Crippen LogP contribution >= 0.6 is 0 Å². The summed E-state index contributed by atoms with van der Waals surface area (Å²) in [6.07, 6.45) is -0.334. The van der Waals surface area contributed by atoms with Gasteiger partial charge in [-0.25, -0.2) is 9.59 Å². The molecule has 1 fully saturated rings. The van der Waals surface area contributed by atoms with Crippen molar-refractivity contribution in [3.63, 3.8) is 0 Å². The van der Waals surface area contributed by atoms with Crippen molar-refractivity contribution >= 4 is 12.1 Å². The highest BCUT2D eigenvalue weighted by Crippen LogP contribution is 2.23. The first-order valence-electron chi connectivity index (χ1n) is 7.70. The zero-order chi connectivity index (χ0) is 17.0. The van der Waals surface area contributed by atoms with E-state index < -0.39 is 5.60 Å².